The summed E-state index contributed by atoms with van der Waals surface area (Å²) in [4.78, 5) is 13.7. The third kappa shape index (κ3) is 2.65. The number of amides is 1. The first-order valence-electron chi connectivity index (χ1n) is 6.34. The van der Waals surface area contributed by atoms with E-state index in [1.54, 1.807) is 6.33 Å². The van der Waals surface area contributed by atoms with Crippen LogP contribution in [0, 0.1) is 0 Å². The Hall–Kier alpha value is -1.39. The topological polar surface area (TPSA) is 51.0 Å². The van der Waals surface area contributed by atoms with Crippen molar-refractivity contribution in [2.45, 2.75) is 38.5 Å². The average Bonchev–Trinajstić information content (AvgIpc) is 2.76. The molecule has 1 saturated heterocycles. The molecule has 17 heavy (non-hydrogen) atoms. The molecular formula is C12H20N4O. The van der Waals surface area contributed by atoms with E-state index in [0.29, 0.717) is 18.2 Å². The van der Waals surface area contributed by atoms with Crippen molar-refractivity contribution >= 4 is 5.91 Å². The van der Waals surface area contributed by atoms with E-state index < -0.39 is 0 Å². The monoisotopic (exact) mass is 236 g/mol. The molecule has 94 valence electrons. The minimum atomic E-state index is 0.295. The number of likely N-dealkylation sites (tertiary alicyclic amines) is 1. The number of aromatic nitrogens is 3. The summed E-state index contributed by atoms with van der Waals surface area (Å²) in [5.74, 6) is 1.80. The highest BCUT2D eigenvalue weighted by atomic mass is 16.2. The number of aryl methyl sites for hydroxylation is 1. The molecule has 1 aliphatic rings. The molecule has 1 aromatic heterocycles. The fourth-order valence-corrected chi connectivity index (χ4v) is 2.42. The van der Waals surface area contributed by atoms with E-state index in [2.05, 4.69) is 10.2 Å². The molecule has 0 atom stereocenters. The van der Waals surface area contributed by atoms with Crippen molar-refractivity contribution in [3.63, 3.8) is 0 Å². The quantitative estimate of drug-likeness (QED) is 0.795. The Balaban J connectivity index is 1.90. The highest BCUT2D eigenvalue weighted by Gasteiger charge is 2.25. The van der Waals surface area contributed by atoms with Gasteiger partial charge in [0, 0.05) is 32.5 Å². The number of hydrogen-bond donors (Lipinski definition) is 0. The van der Waals surface area contributed by atoms with Gasteiger partial charge in [0.15, 0.2) is 0 Å². The summed E-state index contributed by atoms with van der Waals surface area (Å²) >= 11 is 0. The van der Waals surface area contributed by atoms with Gasteiger partial charge in [-0.25, -0.2) is 0 Å². The SMILES string of the molecule is CCCC(=O)N1CCC(c2nncn2C)CC1. The second-order valence-corrected chi connectivity index (χ2v) is 4.71. The van der Waals surface area contributed by atoms with Gasteiger partial charge >= 0.3 is 0 Å². The Morgan fingerprint density at radius 1 is 1.47 bits per heavy atom. The van der Waals surface area contributed by atoms with Crippen LogP contribution in [0.3, 0.4) is 0 Å². The van der Waals surface area contributed by atoms with E-state index in [1.165, 1.54) is 0 Å². The van der Waals surface area contributed by atoms with Gasteiger partial charge in [-0.3, -0.25) is 4.79 Å². The summed E-state index contributed by atoms with van der Waals surface area (Å²) in [5.41, 5.74) is 0. The first kappa shape index (κ1) is 12.1. The van der Waals surface area contributed by atoms with Gasteiger partial charge in [-0.15, -0.1) is 10.2 Å². The first-order chi connectivity index (χ1) is 8.22. The van der Waals surface area contributed by atoms with Crippen LogP contribution in [0.2, 0.25) is 0 Å². The average molecular weight is 236 g/mol. The van der Waals surface area contributed by atoms with Gasteiger partial charge in [-0.05, 0) is 19.3 Å². The molecule has 0 unspecified atom stereocenters. The van der Waals surface area contributed by atoms with Gasteiger partial charge in [0.05, 0.1) is 0 Å². The maximum absolute atomic E-state index is 11.8. The molecule has 5 nitrogen and oxygen atoms in total. The van der Waals surface area contributed by atoms with Crippen molar-refractivity contribution in [3.8, 4) is 0 Å². The summed E-state index contributed by atoms with van der Waals surface area (Å²) in [6.45, 7) is 3.76. The summed E-state index contributed by atoms with van der Waals surface area (Å²) in [7, 11) is 1.98. The highest BCUT2D eigenvalue weighted by molar-refractivity contribution is 5.76. The highest BCUT2D eigenvalue weighted by Crippen LogP contribution is 2.26. The zero-order valence-corrected chi connectivity index (χ0v) is 10.6. The van der Waals surface area contributed by atoms with Gasteiger partial charge in [0.1, 0.15) is 12.2 Å². The zero-order valence-electron chi connectivity index (χ0n) is 10.6. The zero-order chi connectivity index (χ0) is 12.3. The summed E-state index contributed by atoms with van der Waals surface area (Å²) in [5, 5.41) is 8.07. The molecule has 0 N–H and O–H groups in total. The first-order valence-corrected chi connectivity index (χ1v) is 6.34. The van der Waals surface area contributed by atoms with Crippen LogP contribution in [-0.4, -0.2) is 38.7 Å². The van der Waals surface area contributed by atoms with E-state index in [-0.39, 0.29) is 0 Å². The molecule has 5 heteroatoms. The minimum absolute atomic E-state index is 0.295. The molecular weight excluding hydrogens is 216 g/mol. The van der Waals surface area contributed by atoms with Crippen molar-refractivity contribution in [1.82, 2.24) is 19.7 Å². The number of hydrogen-bond acceptors (Lipinski definition) is 3. The Kier molecular flexibility index (Phi) is 3.76. The molecule has 0 radical (unpaired) electrons. The molecule has 0 saturated carbocycles. The molecule has 2 heterocycles. The molecule has 0 aromatic carbocycles. The summed E-state index contributed by atoms with van der Waals surface area (Å²) in [6.07, 6.45) is 5.35. The van der Waals surface area contributed by atoms with Crippen molar-refractivity contribution in [1.29, 1.82) is 0 Å². The summed E-state index contributed by atoms with van der Waals surface area (Å²) in [6, 6.07) is 0. The van der Waals surface area contributed by atoms with Crippen molar-refractivity contribution in [2.75, 3.05) is 13.1 Å². The lowest BCUT2D eigenvalue weighted by atomic mass is 9.95. The fourth-order valence-electron chi connectivity index (χ4n) is 2.42. The smallest absolute Gasteiger partial charge is 0.222 e. The van der Waals surface area contributed by atoms with E-state index in [4.69, 9.17) is 0 Å². The molecule has 1 amide bonds. The number of carbonyl (C=O) groups excluding carboxylic acids is 1. The predicted molar refractivity (Wildman–Crippen MR) is 64.5 cm³/mol. The largest absolute Gasteiger partial charge is 0.343 e. The maximum Gasteiger partial charge on any atom is 0.222 e. The Morgan fingerprint density at radius 3 is 2.71 bits per heavy atom. The van der Waals surface area contributed by atoms with Crippen molar-refractivity contribution in [2.24, 2.45) is 7.05 Å². The minimum Gasteiger partial charge on any atom is -0.343 e. The molecule has 2 rings (SSSR count). The van der Waals surface area contributed by atoms with E-state index >= 15 is 0 Å². The molecule has 1 fully saturated rings. The van der Waals surface area contributed by atoms with Crippen LogP contribution < -0.4 is 0 Å². The molecule has 0 aliphatic carbocycles. The van der Waals surface area contributed by atoms with Crippen LogP contribution in [0.25, 0.3) is 0 Å². The number of piperidine rings is 1. The van der Waals surface area contributed by atoms with Crippen LogP contribution in [0.15, 0.2) is 6.33 Å². The third-order valence-electron chi connectivity index (χ3n) is 3.42. The fraction of sp³-hybridized carbons (Fsp3) is 0.750. The van der Waals surface area contributed by atoms with Crippen LogP contribution >= 0.6 is 0 Å². The Labute approximate surface area is 102 Å². The molecule has 0 spiro atoms. The Bertz CT molecular complexity index is 380. The lowest BCUT2D eigenvalue weighted by Gasteiger charge is -2.31. The maximum atomic E-state index is 11.8. The van der Waals surface area contributed by atoms with E-state index in [0.717, 1.165) is 38.2 Å². The van der Waals surface area contributed by atoms with Crippen molar-refractivity contribution in [3.05, 3.63) is 12.2 Å². The Morgan fingerprint density at radius 2 is 2.18 bits per heavy atom. The van der Waals surface area contributed by atoms with Crippen LogP contribution in [0.4, 0.5) is 0 Å². The lowest BCUT2D eigenvalue weighted by molar-refractivity contribution is -0.132. The molecule has 1 aliphatic heterocycles. The molecule has 1 aromatic rings. The van der Waals surface area contributed by atoms with Crippen molar-refractivity contribution < 1.29 is 4.79 Å². The normalized spacial score (nSPS) is 17.4. The second-order valence-electron chi connectivity index (χ2n) is 4.71. The number of nitrogens with zero attached hydrogens (tertiary/aromatic N) is 4. The third-order valence-corrected chi connectivity index (χ3v) is 3.42. The number of rotatable bonds is 3. The van der Waals surface area contributed by atoms with Crippen LogP contribution in [0.5, 0.6) is 0 Å². The van der Waals surface area contributed by atoms with Crippen LogP contribution in [-0.2, 0) is 11.8 Å². The van der Waals surface area contributed by atoms with Gasteiger partial charge in [-0.2, -0.15) is 0 Å². The summed E-state index contributed by atoms with van der Waals surface area (Å²) < 4.78 is 1.98. The predicted octanol–water partition coefficient (Wildman–Crippen LogP) is 1.32. The molecule has 0 bridgehead atoms. The van der Waals surface area contributed by atoms with Gasteiger partial charge < -0.3 is 9.47 Å². The van der Waals surface area contributed by atoms with Gasteiger partial charge in [-0.1, -0.05) is 6.92 Å². The van der Waals surface area contributed by atoms with Gasteiger partial charge in [0.2, 0.25) is 5.91 Å². The van der Waals surface area contributed by atoms with Crippen LogP contribution in [0.1, 0.15) is 44.3 Å². The van der Waals surface area contributed by atoms with E-state index in [1.807, 2.05) is 23.4 Å². The lowest BCUT2D eigenvalue weighted by Crippen LogP contribution is -2.38. The standard InChI is InChI=1S/C12H20N4O/c1-3-4-11(17)16-7-5-10(6-8-16)12-14-13-9-15(12)2/h9-10H,3-8H2,1-2H3. The van der Waals surface area contributed by atoms with E-state index in [9.17, 15) is 4.79 Å². The number of carbonyl (C=O) groups is 1. The second kappa shape index (κ2) is 5.29. The van der Waals surface area contributed by atoms with Gasteiger partial charge in [0.25, 0.3) is 0 Å².